The number of anilines is 1. The topological polar surface area (TPSA) is 38.9 Å². The van der Waals surface area contributed by atoms with Crippen molar-refractivity contribution in [1.82, 2.24) is 4.98 Å². The number of pyridine rings is 1. The molecule has 0 saturated heterocycles. The summed E-state index contributed by atoms with van der Waals surface area (Å²) in [5.74, 6) is 0.550. The highest BCUT2D eigenvalue weighted by Gasteiger charge is 1.98. The fourth-order valence-corrected chi connectivity index (χ4v) is 1.67. The van der Waals surface area contributed by atoms with Gasteiger partial charge in [0.15, 0.2) is 0 Å². The van der Waals surface area contributed by atoms with Crippen LogP contribution in [-0.4, -0.2) is 4.98 Å². The van der Waals surface area contributed by atoms with E-state index >= 15 is 0 Å². The zero-order valence-corrected chi connectivity index (χ0v) is 8.91. The Bertz CT molecular complexity index is 425. The van der Waals surface area contributed by atoms with Crippen LogP contribution in [0.2, 0.25) is 5.02 Å². The van der Waals surface area contributed by atoms with Crippen molar-refractivity contribution in [3.63, 3.8) is 0 Å². The number of rotatable bonds is 2. The molecule has 76 valence electrons. The molecule has 1 heterocycles. The van der Waals surface area contributed by atoms with Crippen LogP contribution in [0.25, 0.3) is 0 Å². The van der Waals surface area contributed by atoms with Crippen LogP contribution in [0.5, 0.6) is 0 Å². The van der Waals surface area contributed by atoms with Gasteiger partial charge in [-0.2, -0.15) is 0 Å². The number of benzene rings is 1. The van der Waals surface area contributed by atoms with E-state index in [9.17, 15) is 0 Å². The van der Waals surface area contributed by atoms with Crippen LogP contribution >= 0.6 is 11.6 Å². The molecule has 15 heavy (non-hydrogen) atoms. The van der Waals surface area contributed by atoms with Crippen molar-refractivity contribution in [2.45, 2.75) is 6.42 Å². The van der Waals surface area contributed by atoms with E-state index in [0.717, 1.165) is 22.7 Å². The molecule has 0 spiro atoms. The van der Waals surface area contributed by atoms with Gasteiger partial charge in [-0.05, 0) is 29.8 Å². The Labute approximate surface area is 93.7 Å². The number of halogens is 1. The van der Waals surface area contributed by atoms with E-state index in [1.165, 1.54) is 0 Å². The molecule has 2 N–H and O–H groups in total. The molecule has 0 amide bonds. The molecule has 0 fully saturated rings. The lowest BCUT2D eigenvalue weighted by molar-refractivity contribution is 1.08. The predicted octanol–water partition coefficient (Wildman–Crippen LogP) is 2.91. The quantitative estimate of drug-likeness (QED) is 0.842. The normalized spacial score (nSPS) is 10.2. The second-order valence-corrected chi connectivity index (χ2v) is 3.80. The number of aromatic nitrogens is 1. The Hall–Kier alpha value is -1.54. The van der Waals surface area contributed by atoms with Crippen molar-refractivity contribution < 1.29 is 0 Å². The zero-order chi connectivity index (χ0) is 10.7. The van der Waals surface area contributed by atoms with E-state index in [1.807, 2.05) is 36.4 Å². The molecule has 0 unspecified atom stereocenters. The molecule has 0 atom stereocenters. The van der Waals surface area contributed by atoms with Crippen molar-refractivity contribution in [3.8, 4) is 0 Å². The second-order valence-electron chi connectivity index (χ2n) is 3.36. The summed E-state index contributed by atoms with van der Waals surface area (Å²) >= 11 is 5.90. The van der Waals surface area contributed by atoms with Crippen LogP contribution in [-0.2, 0) is 6.42 Å². The first-order valence-electron chi connectivity index (χ1n) is 4.70. The van der Waals surface area contributed by atoms with Gasteiger partial charge in [0.1, 0.15) is 5.82 Å². The average molecular weight is 219 g/mol. The Kier molecular flexibility index (Phi) is 2.88. The highest BCUT2D eigenvalue weighted by molar-refractivity contribution is 6.30. The lowest BCUT2D eigenvalue weighted by atomic mass is 10.1. The lowest BCUT2D eigenvalue weighted by Crippen LogP contribution is -1.96. The molecule has 1 aromatic carbocycles. The SMILES string of the molecule is Nc1cccc(Cc2cccc(Cl)c2)n1. The molecule has 0 bridgehead atoms. The molecule has 0 aliphatic heterocycles. The van der Waals surface area contributed by atoms with Gasteiger partial charge in [-0.25, -0.2) is 4.98 Å². The van der Waals surface area contributed by atoms with Gasteiger partial charge >= 0.3 is 0 Å². The number of nitrogens with zero attached hydrogens (tertiary/aromatic N) is 1. The molecule has 2 aromatic rings. The van der Waals surface area contributed by atoms with Crippen LogP contribution < -0.4 is 5.73 Å². The Balaban J connectivity index is 2.22. The summed E-state index contributed by atoms with van der Waals surface area (Å²) in [6.45, 7) is 0. The minimum Gasteiger partial charge on any atom is -0.384 e. The van der Waals surface area contributed by atoms with Gasteiger partial charge in [0, 0.05) is 17.1 Å². The highest BCUT2D eigenvalue weighted by atomic mass is 35.5. The first-order valence-corrected chi connectivity index (χ1v) is 5.08. The largest absolute Gasteiger partial charge is 0.384 e. The lowest BCUT2D eigenvalue weighted by Gasteiger charge is -2.02. The van der Waals surface area contributed by atoms with E-state index in [2.05, 4.69) is 4.98 Å². The summed E-state index contributed by atoms with van der Waals surface area (Å²) in [6.07, 6.45) is 0.756. The standard InChI is InChI=1S/C12H11ClN2/c13-10-4-1-3-9(7-10)8-11-5-2-6-12(14)15-11/h1-7H,8H2,(H2,14,15). The molecule has 2 nitrogen and oxygen atoms in total. The smallest absolute Gasteiger partial charge is 0.123 e. The van der Waals surface area contributed by atoms with Crippen molar-refractivity contribution in [3.05, 3.63) is 58.7 Å². The van der Waals surface area contributed by atoms with Gasteiger partial charge in [0.2, 0.25) is 0 Å². The minimum atomic E-state index is 0.550. The van der Waals surface area contributed by atoms with Crippen molar-refractivity contribution in [1.29, 1.82) is 0 Å². The monoisotopic (exact) mass is 218 g/mol. The van der Waals surface area contributed by atoms with Crippen LogP contribution in [0.1, 0.15) is 11.3 Å². The Morgan fingerprint density at radius 2 is 1.93 bits per heavy atom. The summed E-state index contributed by atoms with van der Waals surface area (Å²) in [6, 6.07) is 13.4. The van der Waals surface area contributed by atoms with Gasteiger partial charge in [0.05, 0.1) is 0 Å². The summed E-state index contributed by atoms with van der Waals surface area (Å²) in [7, 11) is 0. The molecule has 0 saturated carbocycles. The van der Waals surface area contributed by atoms with E-state index in [4.69, 9.17) is 17.3 Å². The molecule has 0 aliphatic rings. The Morgan fingerprint density at radius 1 is 1.13 bits per heavy atom. The molecule has 1 aromatic heterocycles. The number of nitrogen functional groups attached to an aromatic ring is 1. The maximum atomic E-state index is 5.90. The fourth-order valence-electron chi connectivity index (χ4n) is 1.45. The van der Waals surface area contributed by atoms with Gasteiger partial charge in [-0.3, -0.25) is 0 Å². The molecular weight excluding hydrogens is 208 g/mol. The van der Waals surface area contributed by atoms with E-state index in [0.29, 0.717) is 5.82 Å². The number of hydrogen-bond acceptors (Lipinski definition) is 2. The minimum absolute atomic E-state index is 0.550. The first-order chi connectivity index (χ1) is 7.24. The molecule has 2 rings (SSSR count). The maximum absolute atomic E-state index is 5.90. The fraction of sp³-hybridized carbons (Fsp3) is 0.0833. The van der Waals surface area contributed by atoms with E-state index in [1.54, 1.807) is 6.07 Å². The maximum Gasteiger partial charge on any atom is 0.123 e. The summed E-state index contributed by atoms with van der Waals surface area (Å²) in [4.78, 5) is 4.23. The van der Waals surface area contributed by atoms with Crippen LogP contribution in [0, 0.1) is 0 Å². The summed E-state index contributed by atoms with van der Waals surface area (Å²) in [5, 5.41) is 0.747. The van der Waals surface area contributed by atoms with Gasteiger partial charge in [0.25, 0.3) is 0 Å². The van der Waals surface area contributed by atoms with Gasteiger partial charge < -0.3 is 5.73 Å². The molecular formula is C12H11ClN2. The summed E-state index contributed by atoms with van der Waals surface area (Å²) in [5.41, 5.74) is 7.70. The number of hydrogen-bond donors (Lipinski definition) is 1. The molecule has 0 aliphatic carbocycles. The Morgan fingerprint density at radius 3 is 2.67 bits per heavy atom. The third kappa shape index (κ3) is 2.70. The number of nitrogens with two attached hydrogens (primary N) is 1. The van der Waals surface area contributed by atoms with Gasteiger partial charge in [-0.15, -0.1) is 0 Å². The zero-order valence-electron chi connectivity index (χ0n) is 8.15. The highest BCUT2D eigenvalue weighted by Crippen LogP contribution is 2.14. The average Bonchev–Trinajstić information content (AvgIpc) is 2.17. The van der Waals surface area contributed by atoms with Crippen molar-refractivity contribution in [2.24, 2.45) is 0 Å². The third-order valence-electron chi connectivity index (χ3n) is 2.10. The predicted molar refractivity (Wildman–Crippen MR) is 62.9 cm³/mol. The van der Waals surface area contributed by atoms with Crippen LogP contribution in [0.15, 0.2) is 42.5 Å². The van der Waals surface area contributed by atoms with Gasteiger partial charge in [-0.1, -0.05) is 29.8 Å². The first kappa shape index (κ1) is 9.99. The van der Waals surface area contributed by atoms with Crippen molar-refractivity contribution >= 4 is 17.4 Å². The third-order valence-corrected chi connectivity index (χ3v) is 2.34. The molecule has 3 heteroatoms. The van der Waals surface area contributed by atoms with Crippen LogP contribution in [0.4, 0.5) is 5.82 Å². The van der Waals surface area contributed by atoms with Crippen LogP contribution in [0.3, 0.4) is 0 Å². The van der Waals surface area contributed by atoms with E-state index in [-0.39, 0.29) is 0 Å². The molecule has 0 radical (unpaired) electrons. The van der Waals surface area contributed by atoms with Crippen molar-refractivity contribution in [2.75, 3.05) is 5.73 Å². The summed E-state index contributed by atoms with van der Waals surface area (Å²) < 4.78 is 0. The van der Waals surface area contributed by atoms with E-state index < -0.39 is 0 Å². The second kappa shape index (κ2) is 4.32.